The minimum atomic E-state index is -1.52. The van der Waals surface area contributed by atoms with E-state index >= 15 is 0 Å². The van der Waals surface area contributed by atoms with E-state index in [0.29, 0.717) is 12.8 Å². The molecule has 21 heavy (non-hydrogen) atoms. The Morgan fingerprint density at radius 2 is 1.81 bits per heavy atom. The highest BCUT2D eigenvalue weighted by Crippen LogP contribution is 2.69. The van der Waals surface area contributed by atoms with Crippen molar-refractivity contribution in [1.29, 1.82) is 0 Å². The largest absolute Gasteiger partial charge is 0.468 e. The number of nitro groups is 1. The summed E-state index contributed by atoms with van der Waals surface area (Å²) < 4.78 is 9.60. The molecule has 2 fully saturated rings. The molecular formula is C14H21NO6. The lowest BCUT2D eigenvalue weighted by molar-refractivity contribution is -0.551. The van der Waals surface area contributed by atoms with Gasteiger partial charge in [0.25, 0.3) is 0 Å². The number of rotatable bonds is 6. The smallest absolute Gasteiger partial charge is 0.323 e. The van der Waals surface area contributed by atoms with Crippen LogP contribution in [0.5, 0.6) is 0 Å². The fraction of sp³-hybridized carbons (Fsp3) is 0.857. The van der Waals surface area contributed by atoms with Crippen LogP contribution in [0.3, 0.4) is 0 Å². The average Bonchev–Trinajstić information content (AvgIpc) is 3.12. The molecule has 0 aromatic rings. The van der Waals surface area contributed by atoms with E-state index in [1.807, 2.05) is 6.92 Å². The van der Waals surface area contributed by atoms with Crippen molar-refractivity contribution in [2.45, 2.75) is 44.6 Å². The first-order valence-electron chi connectivity index (χ1n) is 7.23. The number of carbonyl (C=O) groups excluding carboxylic acids is 2. The van der Waals surface area contributed by atoms with Crippen molar-refractivity contribution in [2.24, 2.45) is 17.3 Å². The summed E-state index contributed by atoms with van der Waals surface area (Å²) in [4.78, 5) is 35.8. The van der Waals surface area contributed by atoms with E-state index in [-0.39, 0.29) is 17.3 Å². The quantitative estimate of drug-likeness (QED) is 0.320. The number of ether oxygens (including phenoxy) is 2. The Balaban J connectivity index is 2.46. The van der Waals surface area contributed by atoms with Crippen LogP contribution in [0, 0.1) is 27.4 Å². The first-order valence-corrected chi connectivity index (χ1v) is 7.23. The van der Waals surface area contributed by atoms with Gasteiger partial charge in [-0.3, -0.25) is 19.7 Å². The van der Waals surface area contributed by atoms with E-state index in [9.17, 15) is 19.7 Å². The van der Waals surface area contributed by atoms with Gasteiger partial charge in [0, 0.05) is 17.3 Å². The Labute approximate surface area is 123 Å². The van der Waals surface area contributed by atoms with E-state index in [1.165, 1.54) is 14.2 Å². The Morgan fingerprint density at radius 1 is 1.24 bits per heavy atom. The molecule has 0 aromatic carbocycles. The minimum Gasteiger partial charge on any atom is -0.468 e. The zero-order valence-corrected chi connectivity index (χ0v) is 12.6. The maximum atomic E-state index is 12.3. The number of unbranched alkanes of at least 4 members (excludes halogenated alkanes) is 1. The second-order valence-corrected chi connectivity index (χ2v) is 6.00. The third-order valence-electron chi connectivity index (χ3n) is 5.17. The van der Waals surface area contributed by atoms with Gasteiger partial charge in [0.05, 0.1) is 20.1 Å². The lowest BCUT2D eigenvalue weighted by Crippen LogP contribution is -2.50. The molecule has 0 saturated heterocycles. The standard InChI is InChI=1S/C14H21NO6/c1-4-5-6-10-13(11(16)20-2,12(17)21-3)7-9-8-14(9,10)15(18)19/h9-10H,4-8H2,1-3H3/t9-,10+,14-/m1/s1. The summed E-state index contributed by atoms with van der Waals surface area (Å²) in [5.74, 6) is -2.30. The van der Waals surface area contributed by atoms with Gasteiger partial charge in [0.15, 0.2) is 5.41 Å². The molecule has 0 radical (unpaired) electrons. The molecule has 0 bridgehead atoms. The zero-order valence-electron chi connectivity index (χ0n) is 12.6. The monoisotopic (exact) mass is 299 g/mol. The molecule has 3 atom stereocenters. The predicted octanol–water partition coefficient (Wildman–Crippen LogP) is 1.56. The molecule has 0 heterocycles. The van der Waals surface area contributed by atoms with Crippen molar-refractivity contribution in [3.63, 3.8) is 0 Å². The summed E-state index contributed by atoms with van der Waals surface area (Å²) in [5.41, 5.74) is -2.67. The van der Waals surface area contributed by atoms with Gasteiger partial charge < -0.3 is 9.47 Å². The lowest BCUT2D eigenvalue weighted by atomic mass is 9.70. The van der Waals surface area contributed by atoms with Crippen LogP contribution in [0.4, 0.5) is 0 Å². The third-order valence-corrected chi connectivity index (χ3v) is 5.17. The zero-order chi connectivity index (χ0) is 15.8. The third kappa shape index (κ3) is 1.93. The van der Waals surface area contributed by atoms with Gasteiger partial charge in [0.2, 0.25) is 5.54 Å². The summed E-state index contributed by atoms with van der Waals surface area (Å²) >= 11 is 0. The molecule has 0 aromatic heterocycles. The molecule has 2 rings (SSSR count). The number of hydrogen-bond donors (Lipinski definition) is 0. The van der Waals surface area contributed by atoms with E-state index in [2.05, 4.69) is 0 Å². The molecule has 0 spiro atoms. The first-order chi connectivity index (χ1) is 9.91. The first kappa shape index (κ1) is 15.7. The molecule has 118 valence electrons. The van der Waals surface area contributed by atoms with Crippen LogP contribution in [0.25, 0.3) is 0 Å². The summed E-state index contributed by atoms with van der Waals surface area (Å²) in [5, 5.41) is 11.5. The van der Waals surface area contributed by atoms with Crippen molar-refractivity contribution in [3.05, 3.63) is 10.1 Å². The van der Waals surface area contributed by atoms with E-state index < -0.39 is 28.8 Å². The summed E-state index contributed by atoms with van der Waals surface area (Å²) in [7, 11) is 2.40. The highest BCUT2D eigenvalue weighted by Gasteiger charge is 2.84. The number of esters is 2. The molecule has 2 saturated carbocycles. The molecule has 2 aliphatic rings. The predicted molar refractivity (Wildman–Crippen MR) is 71.9 cm³/mol. The summed E-state index contributed by atoms with van der Waals surface area (Å²) in [6, 6.07) is 0. The van der Waals surface area contributed by atoms with Crippen molar-refractivity contribution < 1.29 is 24.0 Å². The fourth-order valence-electron chi connectivity index (χ4n) is 4.12. The van der Waals surface area contributed by atoms with Gasteiger partial charge in [-0.1, -0.05) is 19.8 Å². The van der Waals surface area contributed by atoms with Crippen LogP contribution in [0.15, 0.2) is 0 Å². The van der Waals surface area contributed by atoms with Gasteiger partial charge in [-0.25, -0.2) is 0 Å². The molecule has 2 aliphatic carbocycles. The second-order valence-electron chi connectivity index (χ2n) is 6.00. The van der Waals surface area contributed by atoms with Crippen molar-refractivity contribution in [1.82, 2.24) is 0 Å². The van der Waals surface area contributed by atoms with Gasteiger partial charge in [0.1, 0.15) is 0 Å². The minimum absolute atomic E-state index is 0.154. The molecule has 7 heteroatoms. The van der Waals surface area contributed by atoms with E-state index in [1.54, 1.807) is 0 Å². The number of fused-ring (bicyclic) bond motifs is 1. The van der Waals surface area contributed by atoms with Gasteiger partial charge in [-0.2, -0.15) is 0 Å². The maximum absolute atomic E-state index is 12.3. The summed E-state index contributed by atoms with van der Waals surface area (Å²) in [6.07, 6.45) is 2.61. The SMILES string of the molecule is CCCC[C@H]1C(C(=O)OC)(C(=O)OC)C[C@@H]2C[C@@]21[N+](=O)[O-]. The number of carbonyl (C=O) groups is 2. The summed E-state index contributed by atoms with van der Waals surface area (Å²) in [6.45, 7) is 1.97. The molecule has 0 aliphatic heterocycles. The molecular weight excluding hydrogens is 278 g/mol. The van der Waals surface area contributed by atoms with E-state index in [4.69, 9.17) is 9.47 Å². The number of methoxy groups -OCH3 is 2. The Bertz CT molecular complexity index is 460. The Morgan fingerprint density at radius 3 is 2.24 bits per heavy atom. The van der Waals surface area contributed by atoms with Crippen LogP contribution in [-0.2, 0) is 19.1 Å². The number of hydrogen-bond acceptors (Lipinski definition) is 6. The normalized spacial score (nSPS) is 32.1. The molecule has 7 nitrogen and oxygen atoms in total. The van der Waals surface area contributed by atoms with Crippen molar-refractivity contribution >= 4 is 11.9 Å². The Kier molecular flexibility index (Phi) is 3.95. The second kappa shape index (κ2) is 5.27. The van der Waals surface area contributed by atoms with Crippen LogP contribution < -0.4 is 0 Å². The highest BCUT2D eigenvalue weighted by atomic mass is 16.6. The fourth-order valence-corrected chi connectivity index (χ4v) is 4.12. The lowest BCUT2D eigenvalue weighted by Gasteiger charge is -2.32. The van der Waals surface area contributed by atoms with Gasteiger partial charge in [-0.05, 0) is 12.8 Å². The molecule has 0 N–H and O–H groups in total. The van der Waals surface area contributed by atoms with Crippen LogP contribution in [-0.4, -0.2) is 36.6 Å². The van der Waals surface area contributed by atoms with Crippen LogP contribution in [0.2, 0.25) is 0 Å². The average molecular weight is 299 g/mol. The van der Waals surface area contributed by atoms with Gasteiger partial charge >= 0.3 is 11.9 Å². The van der Waals surface area contributed by atoms with E-state index in [0.717, 1.165) is 12.8 Å². The Hall–Kier alpha value is -1.66. The highest BCUT2D eigenvalue weighted by molar-refractivity contribution is 6.01. The van der Waals surface area contributed by atoms with Crippen LogP contribution in [0.1, 0.15) is 39.0 Å². The number of nitrogens with zero attached hydrogens (tertiary/aromatic N) is 1. The maximum Gasteiger partial charge on any atom is 0.323 e. The van der Waals surface area contributed by atoms with Crippen molar-refractivity contribution in [3.8, 4) is 0 Å². The molecule has 0 amide bonds. The molecule has 0 unspecified atom stereocenters. The van der Waals surface area contributed by atoms with Crippen LogP contribution >= 0.6 is 0 Å². The topological polar surface area (TPSA) is 95.7 Å². The van der Waals surface area contributed by atoms with Gasteiger partial charge in [-0.15, -0.1) is 0 Å². The van der Waals surface area contributed by atoms with Crippen molar-refractivity contribution in [2.75, 3.05) is 14.2 Å².